The zero-order valence-electron chi connectivity index (χ0n) is 8.25. The molecular formula is C9H15N3S2. The quantitative estimate of drug-likeness (QED) is 0.835. The molecule has 3 N–H and O–H groups in total. The minimum Gasteiger partial charge on any atom is -0.383 e. The van der Waals surface area contributed by atoms with Crippen molar-refractivity contribution in [3.63, 3.8) is 0 Å². The van der Waals surface area contributed by atoms with Crippen molar-refractivity contribution in [2.75, 3.05) is 23.3 Å². The van der Waals surface area contributed by atoms with E-state index in [2.05, 4.69) is 21.5 Å². The van der Waals surface area contributed by atoms with E-state index < -0.39 is 0 Å². The second-order valence-electron chi connectivity index (χ2n) is 3.54. The van der Waals surface area contributed by atoms with Crippen molar-refractivity contribution < 1.29 is 0 Å². The molecule has 0 aromatic carbocycles. The van der Waals surface area contributed by atoms with E-state index in [4.69, 9.17) is 5.73 Å². The van der Waals surface area contributed by atoms with E-state index in [1.807, 2.05) is 6.92 Å². The fraction of sp³-hybridized carbons (Fsp3) is 0.667. The molecule has 1 unspecified atom stereocenters. The Kier molecular flexibility index (Phi) is 3.18. The van der Waals surface area contributed by atoms with Crippen molar-refractivity contribution >= 4 is 34.1 Å². The third-order valence-corrected chi connectivity index (χ3v) is 4.79. The molecule has 1 atom stereocenters. The first-order valence-electron chi connectivity index (χ1n) is 4.84. The van der Waals surface area contributed by atoms with Crippen LogP contribution in [0.1, 0.15) is 18.4 Å². The Morgan fingerprint density at radius 2 is 2.50 bits per heavy atom. The molecule has 1 fully saturated rings. The molecule has 78 valence electrons. The molecule has 3 nitrogen and oxygen atoms in total. The monoisotopic (exact) mass is 229 g/mol. The van der Waals surface area contributed by atoms with Crippen molar-refractivity contribution in [3.05, 3.63) is 5.56 Å². The fourth-order valence-corrected chi connectivity index (χ4v) is 3.44. The van der Waals surface area contributed by atoms with Gasteiger partial charge in [0.05, 0.1) is 0 Å². The number of nitrogens with one attached hydrogen (secondary N) is 1. The number of rotatable bonds is 3. The maximum absolute atomic E-state index is 5.68. The Morgan fingerprint density at radius 3 is 3.07 bits per heavy atom. The molecule has 0 saturated carbocycles. The Hall–Kier alpha value is -0.420. The van der Waals surface area contributed by atoms with E-state index in [1.54, 1.807) is 0 Å². The molecule has 1 aliphatic rings. The molecule has 2 rings (SSSR count). The largest absolute Gasteiger partial charge is 0.383 e. The number of anilines is 2. The minimum absolute atomic E-state index is 0.663. The van der Waals surface area contributed by atoms with Gasteiger partial charge in [0.2, 0.25) is 0 Å². The molecule has 0 aliphatic carbocycles. The summed E-state index contributed by atoms with van der Waals surface area (Å²) >= 11 is 3.53. The number of nitrogens with two attached hydrogens (primary N) is 1. The SMILES string of the molecule is Cc1c(N)nsc1NCC1CCCS1. The second kappa shape index (κ2) is 4.40. The average molecular weight is 229 g/mol. The van der Waals surface area contributed by atoms with Crippen LogP contribution in [0, 0.1) is 6.92 Å². The number of thioether (sulfide) groups is 1. The van der Waals surface area contributed by atoms with E-state index in [9.17, 15) is 0 Å². The van der Waals surface area contributed by atoms with Crippen LogP contribution >= 0.6 is 23.3 Å². The summed E-state index contributed by atoms with van der Waals surface area (Å²) in [6.45, 7) is 3.07. The van der Waals surface area contributed by atoms with Crippen molar-refractivity contribution in [2.45, 2.75) is 25.0 Å². The molecule has 1 saturated heterocycles. The lowest BCUT2D eigenvalue weighted by atomic mass is 10.2. The first-order chi connectivity index (χ1) is 6.77. The first-order valence-corrected chi connectivity index (χ1v) is 6.67. The van der Waals surface area contributed by atoms with E-state index >= 15 is 0 Å². The second-order valence-corrected chi connectivity index (χ2v) is 5.72. The zero-order chi connectivity index (χ0) is 9.97. The van der Waals surface area contributed by atoms with Gasteiger partial charge in [-0.1, -0.05) is 0 Å². The average Bonchev–Trinajstić information content (AvgIpc) is 2.77. The Balaban J connectivity index is 1.88. The number of nitrogens with zero attached hydrogens (tertiary/aromatic N) is 1. The molecule has 1 aliphatic heterocycles. The van der Waals surface area contributed by atoms with Gasteiger partial charge in [0.15, 0.2) is 0 Å². The molecule has 14 heavy (non-hydrogen) atoms. The Labute approximate surface area is 92.6 Å². The van der Waals surface area contributed by atoms with Gasteiger partial charge < -0.3 is 11.1 Å². The molecular weight excluding hydrogens is 214 g/mol. The van der Waals surface area contributed by atoms with Gasteiger partial charge in [0, 0.05) is 17.4 Å². The number of nitrogen functional groups attached to an aromatic ring is 1. The van der Waals surface area contributed by atoms with Gasteiger partial charge in [-0.2, -0.15) is 16.1 Å². The summed E-state index contributed by atoms with van der Waals surface area (Å²) in [5.74, 6) is 1.98. The maximum atomic E-state index is 5.68. The third-order valence-electron chi connectivity index (χ3n) is 2.47. The van der Waals surface area contributed by atoms with Crippen LogP contribution in [0.2, 0.25) is 0 Å². The molecule has 0 spiro atoms. The maximum Gasteiger partial charge on any atom is 0.142 e. The standard InChI is InChI=1S/C9H15N3S2/c1-6-8(10)12-14-9(6)11-5-7-3-2-4-13-7/h7,11H,2-5H2,1H3,(H2,10,12). The highest BCUT2D eigenvalue weighted by Gasteiger charge is 2.16. The highest BCUT2D eigenvalue weighted by molar-refractivity contribution is 8.00. The van der Waals surface area contributed by atoms with Gasteiger partial charge in [0.1, 0.15) is 10.8 Å². The van der Waals surface area contributed by atoms with Crippen LogP contribution in [-0.4, -0.2) is 21.9 Å². The summed E-state index contributed by atoms with van der Waals surface area (Å²) < 4.78 is 4.11. The highest BCUT2D eigenvalue weighted by Crippen LogP contribution is 2.29. The summed E-state index contributed by atoms with van der Waals surface area (Å²) in [6, 6.07) is 0. The van der Waals surface area contributed by atoms with Crippen LogP contribution < -0.4 is 11.1 Å². The van der Waals surface area contributed by atoms with Gasteiger partial charge in [0.25, 0.3) is 0 Å². The summed E-state index contributed by atoms with van der Waals surface area (Å²) in [7, 11) is 0. The van der Waals surface area contributed by atoms with Gasteiger partial charge in [-0.05, 0) is 37.1 Å². The van der Waals surface area contributed by atoms with E-state index in [1.165, 1.54) is 30.1 Å². The van der Waals surface area contributed by atoms with E-state index in [0.717, 1.165) is 22.4 Å². The first kappa shape index (κ1) is 10.1. The van der Waals surface area contributed by atoms with Gasteiger partial charge in [-0.15, -0.1) is 0 Å². The number of hydrogen-bond acceptors (Lipinski definition) is 5. The summed E-state index contributed by atoms with van der Waals surface area (Å²) in [6.07, 6.45) is 2.70. The van der Waals surface area contributed by atoms with Crippen LogP contribution in [0.15, 0.2) is 0 Å². The zero-order valence-corrected chi connectivity index (χ0v) is 9.88. The molecule has 2 heterocycles. The lowest BCUT2D eigenvalue weighted by molar-refractivity contribution is 0.806. The van der Waals surface area contributed by atoms with Crippen LogP contribution in [0.5, 0.6) is 0 Å². The Bertz CT molecular complexity index is 305. The van der Waals surface area contributed by atoms with Crippen LogP contribution in [0.3, 0.4) is 0 Å². The molecule has 0 amide bonds. The number of aromatic nitrogens is 1. The molecule has 0 radical (unpaired) electrons. The molecule has 0 bridgehead atoms. The lowest BCUT2D eigenvalue weighted by Crippen LogP contribution is -2.13. The van der Waals surface area contributed by atoms with Crippen LogP contribution in [0.4, 0.5) is 10.8 Å². The summed E-state index contributed by atoms with van der Waals surface area (Å²) in [5.41, 5.74) is 6.77. The lowest BCUT2D eigenvalue weighted by Gasteiger charge is -2.09. The van der Waals surface area contributed by atoms with E-state index in [-0.39, 0.29) is 0 Å². The predicted molar refractivity (Wildman–Crippen MR) is 65.2 cm³/mol. The fourth-order valence-electron chi connectivity index (χ4n) is 1.52. The van der Waals surface area contributed by atoms with Gasteiger partial charge >= 0.3 is 0 Å². The minimum atomic E-state index is 0.663. The topological polar surface area (TPSA) is 50.9 Å². The highest BCUT2D eigenvalue weighted by atomic mass is 32.2. The normalized spacial score (nSPS) is 21.4. The molecule has 1 aromatic rings. The summed E-state index contributed by atoms with van der Waals surface area (Å²) in [4.78, 5) is 0. The van der Waals surface area contributed by atoms with Gasteiger partial charge in [-0.25, -0.2) is 0 Å². The smallest absolute Gasteiger partial charge is 0.142 e. The molecule has 5 heteroatoms. The van der Waals surface area contributed by atoms with Crippen LogP contribution in [-0.2, 0) is 0 Å². The van der Waals surface area contributed by atoms with E-state index in [0.29, 0.717) is 5.82 Å². The van der Waals surface area contributed by atoms with Crippen molar-refractivity contribution in [2.24, 2.45) is 0 Å². The van der Waals surface area contributed by atoms with Crippen LogP contribution in [0.25, 0.3) is 0 Å². The Morgan fingerprint density at radius 1 is 1.64 bits per heavy atom. The number of hydrogen-bond donors (Lipinski definition) is 2. The molecule has 1 aromatic heterocycles. The predicted octanol–water partition coefficient (Wildman–Crippen LogP) is 2.34. The van der Waals surface area contributed by atoms with Crippen molar-refractivity contribution in [1.82, 2.24) is 4.37 Å². The van der Waals surface area contributed by atoms with Gasteiger partial charge in [-0.3, -0.25) is 0 Å². The third kappa shape index (κ3) is 2.15. The van der Waals surface area contributed by atoms with Crippen molar-refractivity contribution in [1.29, 1.82) is 0 Å². The summed E-state index contributed by atoms with van der Waals surface area (Å²) in [5, 5.41) is 5.34. The van der Waals surface area contributed by atoms with Crippen molar-refractivity contribution in [3.8, 4) is 0 Å².